The fraction of sp³-hybridized carbons (Fsp3) is 0.429. The maximum atomic E-state index is 14.9. The van der Waals surface area contributed by atoms with Crippen molar-refractivity contribution in [3.8, 4) is 39.9 Å². The number of hydrogen-bond acceptors (Lipinski definition) is 16. The minimum Gasteiger partial charge on any atom is -0.507 e. The molecular weight excluding hydrogens is 1080 g/mol. The second-order valence-electron chi connectivity index (χ2n) is 24.0. The normalized spacial score (nSPS) is 20.6. The number of rotatable bonds is 17. The smallest absolute Gasteiger partial charge is 0.319 e. The Hall–Kier alpha value is -8.44. The molecule has 1 saturated carbocycles. The van der Waals surface area contributed by atoms with Crippen LogP contribution < -0.4 is 30.6 Å². The predicted octanol–water partition coefficient (Wildman–Crippen LogP) is 6.84. The van der Waals surface area contributed by atoms with Crippen LogP contribution in [-0.4, -0.2) is 147 Å². The van der Waals surface area contributed by atoms with Crippen LogP contribution >= 0.6 is 0 Å². The first-order valence-corrected chi connectivity index (χ1v) is 29.8. The van der Waals surface area contributed by atoms with E-state index in [1.54, 1.807) is 24.5 Å². The number of piperazine rings is 1. The van der Waals surface area contributed by atoms with Gasteiger partial charge < -0.3 is 54.9 Å². The topological polar surface area (TPSA) is 276 Å². The highest BCUT2D eigenvalue weighted by molar-refractivity contribution is 6.08. The fourth-order valence-electron chi connectivity index (χ4n) is 13.6. The number of nitrogens with zero attached hydrogens (tertiary/aromatic N) is 9. The Balaban J connectivity index is 0.798. The maximum absolute atomic E-state index is 14.9. The highest BCUT2D eigenvalue weighted by atomic mass is 16.5. The number of β-amino-alcohol motifs (C(OH)–C–C–N with tert-alkyl or cyclic N) is 1. The van der Waals surface area contributed by atoms with Crippen LogP contribution in [0, 0.1) is 12.8 Å². The lowest BCUT2D eigenvalue weighted by molar-refractivity contribution is -0.142. The minimum atomic E-state index is -1.07. The molecule has 0 radical (unpaired) electrons. The molecule has 440 valence electrons. The molecule has 5 fully saturated rings. The van der Waals surface area contributed by atoms with E-state index in [1.807, 2.05) is 68.0 Å². The summed E-state index contributed by atoms with van der Waals surface area (Å²) < 4.78 is 22.9. The van der Waals surface area contributed by atoms with Crippen molar-refractivity contribution in [2.45, 2.75) is 128 Å². The summed E-state index contributed by atoms with van der Waals surface area (Å²) in [5.41, 5.74) is 8.43. The van der Waals surface area contributed by atoms with E-state index in [-0.39, 0.29) is 54.9 Å². The highest BCUT2D eigenvalue weighted by Crippen LogP contribution is 2.53. The monoisotopic (exact) mass is 1150 g/mol. The summed E-state index contributed by atoms with van der Waals surface area (Å²) in [4.78, 5) is 60.5. The Morgan fingerprint density at radius 1 is 0.929 bits per heavy atom. The number of aliphatic hydroxyl groups excluding tert-OH is 2. The van der Waals surface area contributed by atoms with Gasteiger partial charge in [-0.15, -0.1) is 0 Å². The fourth-order valence-corrected chi connectivity index (χ4v) is 13.6. The van der Waals surface area contributed by atoms with E-state index in [4.69, 9.17) is 29.3 Å². The van der Waals surface area contributed by atoms with Crippen LogP contribution in [0.4, 0.5) is 5.82 Å². The number of phenols is 1. The zero-order valence-electron chi connectivity index (χ0n) is 47.9. The number of aromatic hydroxyl groups is 1. The van der Waals surface area contributed by atoms with E-state index >= 15 is 0 Å². The third-order valence-electron chi connectivity index (χ3n) is 18.0. The molecule has 5 aromatic heterocycles. The number of aryl methyl sites for hydroxylation is 2. The number of carbonyl (C=O) groups is 2. The number of aromatic amines is 2. The number of aromatic nitrogens is 9. The van der Waals surface area contributed by atoms with Gasteiger partial charge in [0, 0.05) is 91.6 Å². The number of carbonyl (C=O) groups excluding carboxylic acids is 2. The van der Waals surface area contributed by atoms with Crippen LogP contribution in [0.5, 0.6) is 17.5 Å². The van der Waals surface area contributed by atoms with Gasteiger partial charge in [-0.1, -0.05) is 44.2 Å². The average molecular weight is 1150 g/mol. The van der Waals surface area contributed by atoms with Crippen molar-refractivity contribution in [3.05, 3.63) is 112 Å². The van der Waals surface area contributed by atoms with E-state index in [0.29, 0.717) is 77.3 Å². The Bertz CT molecular complexity index is 4130. The molecule has 0 spiro atoms. The SMILES string of the molecule is CCn1nccc1-c1ccc([C@H](CO)NC(=O)[C@@H]2C[C@@H](O)CN2C(=O)[C@H](C(C)C)n2cc3c(n2)c(=O)[nH]c2cc(COc4c(-c5c(C)ccc6[nH]ncc56)c(C5CC5)cc5c(N6C[C@@H]7C[C@H]6CN7)nc(OC6CCOCC6)nc45)cc(O)c23)cc1. The Labute approximate surface area is 488 Å². The first kappa shape index (κ1) is 54.5. The van der Waals surface area contributed by atoms with E-state index in [0.717, 1.165) is 88.0 Å². The molecule has 4 aliphatic heterocycles. The third kappa shape index (κ3) is 9.87. The standard InChI is InChI=1S/C63H69N13O9/c1-5-75-49(14-17-66-75)37-11-9-36(10-12-37)48(30-77)68-60(80)50-23-40(78)28-74(50)62(82)57(32(2)3)76-29-45-53-47(67-61(81)56(45)72-76)20-34(21-51(53)79)31-84-58-54(52-33(4)6-13-46-44(52)26-65-71-46)42(35-7-8-35)24-43-55(58)69-63(85-41-15-18-83-19-16-41)70-59(43)73-27-38-22-39(73)25-64-38/h6,9-14,17,20-21,24,26,29,32,35,38-41,48,50,57,64,77-79H,5,7-8,15-16,18-19,22-23,25,27-28,30-31H2,1-4H3,(H,65,71)(H,67,81)(H,68,80)/t38-,39-,40+,48-,50-,57-/m0/s1. The van der Waals surface area contributed by atoms with Crippen LogP contribution in [0.1, 0.15) is 99.6 Å². The Kier molecular flexibility index (Phi) is 14.0. The van der Waals surface area contributed by atoms with Gasteiger partial charge in [-0.3, -0.25) is 28.8 Å². The molecular formula is C63H69N13O9. The Morgan fingerprint density at radius 2 is 1.75 bits per heavy atom. The van der Waals surface area contributed by atoms with E-state index in [9.17, 15) is 29.7 Å². The third-order valence-corrected chi connectivity index (χ3v) is 18.0. The van der Waals surface area contributed by atoms with Gasteiger partial charge in [-0.25, -0.2) is 0 Å². The molecule has 4 aromatic carbocycles. The van der Waals surface area contributed by atoms with Crippen molar-refractivity contribution in [1.29, 1.82) is 0 Å². The van der Waals surface area contributed by atoms with Gasteiger partial charge in [0.1, 0.15) is 41.9 Å². The summed E-state index contributed by atoms with van der Waals surface area (Å²) in [6, 6.07) is 17.2. The predicted molar refractivity (Wildman–Crippen MR) is 319 cm³/mol. The number of fused-ring (bicyclic) bond motifs is 7. The molecule has 0 unspecified atom stereocenters. The van der Waals surface area contributed by atoms with Crippen molar-refractivity contribution in [3.63, 3.8) is 0 Å². The number of aliphatic hydroxyl groups is 2. The van der Waals surface area contributed by atoms with Gasteiger partial charge >= 0.3 is 6.01 Å². The number of pyridine rings is 1. The van der Waals surface area contributed by atoms with Crippen LogP contribution in [0.25, 0.3) is 66.0 Å². The summed E-state index contributed by atoms with van der Waals surface area (Å²) in [6.07, 6.45) is 8.51. The molecule has 22 nitrogen and oxygen atoms in total. The highest BCUT2D eigenvalue weighted by Gasteiger charge is 2.44. The van der Waals surface area contributed by atoms with Gasteiger partial charge in [-0.2, -0.15) is 25.3 Å². The number of ether oxygens (including phenoxy) is 3. The second-order valence-corrected chi connectivity index (χ2v) is 24.0. The number of likely N-dealkylation sites (tertiary alicyclic amines) is 1. The molecule has 22 heteroatoms. The number of benzene rings is 4. The number of anilines is 1. The molecule has 1 aliphatic carbocycles. The average Bonchev–Trinajstić information content (AvgIpc) is 3.87. The van der Waals surface area contributed by atoms with Crippen molar-refractivity contribution >= 4 is 61.2 Å². The summed E-state index contributed by atoms with van der Waals surface area (Å²) in [6.45, 7) is 10.8. The number of phenolic OH excluding ortho intramolecular Hbond substituents is 1. The molecule has 2 bridgehead atoms. The Morgan fingerprint density at radius 3 is 2.49 bits per heavy atom. The minimum absolute atomic E-state index is 0.00465. The lowest BCUT2D eigenvalue weighted by atomic mass is 9.89. The van der Waals surface area contributed by atoms with Gasteiger partial charge in [-0.05, 0) is 109 Å². The van der Waals surface area contributed by atoms with Crippen LogP contribution in [0.3, 0.4) is 0 Å². The molecule has 7 N–H and O–H groups in total. The quantitative estimate of drug-likeness (QED) is 0.0492. The van der Waals surface area contributed by atoms with Crippen molar-refractivity contribution in [2.75, 3.05) is 44.4 Å². The first-order chi connectivity index (χ1) is 41.3. The van der Waals surface area contributed by atoms with Gasteiger partial charge in [0.2, 0.25) is 11.8 Å². The number of nitrogens with one attached hydrogen (secondary N) is 4. The molecule has 85 heavy (non-hydrogen) atoms. The molecule has 2 amide bonds. The number of H-pyrrole nitrogens is 2. The van der Waals surface area contributed by atoms with E-state index < -0.39 is 54.1 Å². The number of amides is 2. The van der Waals surface area contributed by atoms with E-state index in [2.05, 4.69) is 54.9 Å². The maximum Gasteiger partial charge on any atom is 0.319 e. The van der Waals surface area contributed by atoms with E-state index in [1.165, 1.54) is 9.58 Å². The summed E-state index contributed by atoms with van der Waals surface area (Å²) in [5, 5.41) is 59.5. The summed E-state index contributed by atoms with van der Waals surface area (Å²) >= 11 is 0. The molecule has 14 rings (SSSR count). The zero-order chi connectivity index (χ0) is 58.4. The molecule has 9 heterocycles. The number of hydrogen-bond donors (Lipinski definition) is 7. The van der Waals surface area contributed by atoms with Gasteiger partial charge in [0.15, 0.2) is 11.3 Å². The summed E-state index contributed by atoms with van der Waals surface area (Å²) in [7, 11) is 0. The van der Waals surface area contributed by atoms with Gasteiger partial charge in [0.25, 0.3) is 5.56 Å². The molecule has 9 aromatic rings. The van der Waals surface area contributed by atoms with Crippen molar-refractivity contribution < 1.29 is 39.1 Å². The lowest BCUT2D eigenvalue weighted by Crippen LogP contribution is -2.50. The van der Waals surface area contributed by atoms with Crippen LogP contribution in [0.15, 0.2) is 84.0 Å². The van der Waals surface area contributed by atoms with Crippen molar-refractivity contribution in [2.24, 2.45) is 5.92 Å². The zero-order valence-corrected chi connectivity index (χ0v) is 47.9. The van der Waals surface area contributed by atoms with Crippen molar-refractivity contribution in [1.82, 2.24) is 60.2 Å². The molecule has 4 saturated heterocycles. The van der Waals surface area contributed by atoms with Crippen LogP contribution in [0.2, 0.25) is 0 Å². The van der Waals surface area contributed by atoms with Gasteiger partial charge in [0.05, 0.1) is 60.3 Å². The largest absolute Gasteiger partial charge is 0.507 e. The second kappa shape index (κ2) is 21.9. The lowest BCUT2D eigenvalue weighted by Gasteiger charge is -2.31. The molecule has 5 aliphatic rings. The molecule has 6 atom stereocenters. The first-order valence-electron chi connectivity index (χ1n) is 29.8. The van der Waals surface area contributed by atoms with Crippen LogP contribution in [-0.2, 0) is 27.5 Å². The summed E-state index contributed by atoms with van der Waals surface area (Å²) in [5.74, 6) is 0.0637.